The van der Waals surface area contributed by atoms with Crippen LogP contribution < -0.4 is 14.8 Å². The summed E-state index contributed by atoms with van der Waals surface area (Å²) in [6.45, 7) is 4.04. The van der Waals surface area contributed by atoms with E-state index in [2.05, 4.69) is 11.4 Å². The summed E-state index contributed by atoms with van der Waals surface area (Å²) in [7, 11) is 0. The summed E-state index contributed by atoms with van der Waals surface area (Å²) in [6.07, 6.45) is 0. The van der Waals surface area contributed by atoms with Crippen molar-refractivity contribution in [3.63, 3.8) is 0 Å². The van der Waals surface area contributed by atoms with Crippen LogP contribution in [0, 0.1) is 6.92 Å². The molecule has 0 amide bonds. The van der Waals surface area contributed by atoms with Crippen LogP contribution in [0.25, 0.3) is 0 Å². The first-order chi connectivity index (χ1) is 8.81. The van der Waals surface area contributed by atoms with Gasteiger partial charge in [-0.05, 0) is 37.3 Å². The van der Waals surface area contributed by atoms with Gasteiger partial charge in [-0.1, -0.05) is 0 Å². The van der Waals surface area contributed by atoms with Crippen molar-refractivity contribution in [3.05, 3.63) is 47.4 Å². The molecule has 3 rings (SSSR count). The van der Waals surface area contributed by atoms with Crippen LogP contribution in [0.4, 0.5) is 0 Å². The molecule has 0 saturated carbocycles. The summed E-state index contributed by atoms with van der Waals surface area (Å²) in [4.78, 5) is 0. The molecule has 1 aromatic heterocycles. The number of hydrogen-bond acceptors (Lipinski definition) is 3. The van der Waals surface area contributed by atoms with Gasteiger partial charge < -0.3 is 19.2 Å². The minimum atomic E-state index is 0.328. The van der Waals surface area contributed by atoms with Gasteiger partial charge >= 0.3 is 0 Å². The molecule has 2 aromatic rings. The third kappa shape index (κ3) is 2.33. The molecule has 0 bridgehead atoms. The van der Waals surface area contributed by atoms with Crippen molar-refractivity contribution in [3.8, 4) is 11.5 Å². The van der Waals surface area contributed by atoms with Gasteiger partial charge in [0.05, 0.1) is 0 Å². The average molecular weight is 246 g/mol. The zero-order valence-corrected chi connectivity index (χ0v) is 10.3. The molecule has 0 radical (unpaired) electrons. The molecule has 94 valence electrons. The molecule has 1 aliphatic rings. The fourth-order valence-corrected chi connectivity index (χ4v) is 2.04. The Balaban J connectivity index is 1.57. The lowest BCUT2D eigenvalue weighted by Crippen LogP contribution is -2.80. The van der Waals surface area contributed by atoms with E-state index < -0.39 is 0 Å². The molecule has 4 heteroatoms. The molecule has 0 unspecified atom stereocenters. The summed E-state index contributed by atoms with van der Waals surface area (Å²) in [5.41, 5.74) is 1.22. The minimum absolute atomic E-state index is 0.328. The van der Waals surface area contributed by atoms with E-state index in [1.165, 1.54) is 5.56 Å². The third-order valence-corrected chi connectivity index (χ3v) is 2.96. The first-order valence-electron chi connectivity index (χ1n) is 6.07. The molecular formula is C14H16NO3+. The molecule has 4 nitrogen and oxygen atoms in total. The maximum absolute atomic E-state index is 5.52. The Morgan fingerprint density at radius 2 is 1.94 bits per heavy atom. The van der Waals surface area contributed by atoms with Crippen molar-refractivity contribution in [1.82, 2.24) is 0 Å². The maximum atomic E-state index is 5.52. The Morgan fingerprint density at radius 1 is 1.06 bits per heavy atom. The van der Waals surface area contributed by atoms with Crippen LogP contribution in [0.1, 0.15) is 17.1 Å². The van der Waals surface area contributed by atoms with E-state index in [0.29, 0.717) is 6.79 Å². The lowest BCUT2D eigenvalue weighted by Gasteiger charge is -2.02. The number of aryl methyl sites for hydroxylation is 1. The van der Waals surface area contributed by atoms with Gasteiger partial charge in [0.1, 0.15) is 18.8 Å². The minimum Gasteiger partial charge on any atom is -0.460 e. The fourth-order valence-electron chi connectivity index (χ4n) is 2.04. The number of quaternary nitrogens is 1. The summed E-state index contributed by atoms with van der Waals surface area (Å²) >= 11 is 0. The highest BCUT2D eigenvalue weighted by Crippen LogP contribution is 2.32. The number of rotatable bonds is 4. The van der Waals surface area contributed by atoms with Gasteiger partial charge in [0, 0.05) is 5.56 Å². The van der Waals surface area contributed by atoms with Gasteiger partial charge in [-0.25, -0.2) is 0 Å². The van der Waals surface area contributed by atoms with E-state index in [1.807, 2.05) is 31.2 Å². The zero-order valence-electron chi connectivity index (χ0n) is 10.3. The molecule has 2 heterocycles. The average Bonchev–Trinajstić information content (AvgIpc) is 2.97. The standard InChI is InChI=1S/C14H15NO3/c1-10-2-4-12(18-10)8-15-7-11-3-5-13-14(6-11)17-9-16-13/h2-6,15H,7-9H2,1H3/p+1. The van der Waals surface area contributed by atoms with Crippen molar-refractivity contribution in [2.45, 2.75) is 20.0 Å². The highest BCUT2D eigenvalue weighted by molar-refractivity contribution is 5.44. The van der Waals surface area contributed by atoms with E-state index >= 15 is 0 Å². The quantitative estimate of drug-likeness (QED) is 0.891. The molecule has 18 heavy (non-hydrogen) atoms. The molecule has 1 aliphatic heterocycles. The van der Waals surface area contributed by atoms with E-state index in [-0.39, 0.29) is 0 Å². The first-order valence-corrected chi connectivity index (χ1v) is 6.07. The van der Waals surface area contributed by atoms with Crippen LogP contribution >= 0.6 is 0 Å². The van der Waals surface area contributed by atoms with Crippen LogP contribution in [-0.2, 0) is 13.1 Å². The second-order valence-electron chi connectivity index (χ2n) is 4.40. The lowest BCUT2D eigenvalue weighted by atomic mass is 10.2. The van der Waals surface area contributed by atoms with Gasteiger partial charge in [0.15, 0.2) is 17.3 Å². The molecule has 2 N–H and O–H groups in total. The van der Waals surface area contributed by atoms with Crippen LogP contribution in [-0.4, -0.2) is 6.79 Å². The Bertz CT molecular complexity index is 548. The van der Waals surface area contributed by atoms with E-state index in [9.17, 15) is 0 Å². The summed E-state index contributed by atoms with van der Waals surface area (Å²) in [6, 6.07) is 10.1. The van der Waals surface area contributed by atoms with E-state index in [1.54, 1.807) is 0 Å². The van der Waals surface area contributed by atoms with Crippen LogP contribution in [0.3, 0.4) is 0 Å². The van der Waals surface area contributed by atoms with Crippen LogP contribution in [0.5, 0.6) is 11.5 Å². The second-order valence-corrected chi connectivity index (χ2v) is 4.40. The summed E-state index contributed by atoms with van der Waals surface area (Å²) in [5.74, 6) is 3.64. The van der Waals surface area contributed by atoms with Crippen molar-refractivity contribution in [2.75, 3.05) is 6.79 Å². The smallest absolute Gasteiger partial charge is 0.231 e. The SMILES string of the molecule is Cc1ccc(C[NH2+]Cc2ccc3c(c2)OCO3)o1. The zero-order chi connectivity index (χ0) is 12.4. The largest absolute Gasteiger partial charge is 0.460 e. The van der Waals surface area contributed by atoms with Gasteiger partial charge in [0.25, 0.3) is 0 Å². The van der Waals surface area contributed by atoms with E-state index in [0.717, 1.165) is 36.1 Å². The summed E-state index contributed by atoms with van der Waals surface area (Å²) in [5, 5.41) is 2.20. The molecular weight excluding hydrogens is 230 g/mol. The predicted molar refractivity (Wildman–Crippen MR) is 65.3 cm³/mol. The van der Waals surface area contributed by atoms with Gasteiger partial charge in [0.2, 0.25) is 6.79 Å². The predicted octanol–water partition coefficient (Wildman–Crippen LogP) is 1.58. The van der Waals surface area contributed by atoms with Crippen molar-refractivity contribution < 1.29 is 19.2 Å². The molecule has 0 atom stereocenters. The number of fused-ring (bicyclic) bond motifs is 1. The number of furan rings is 1. The Kier molecular flexibility index (Phi) is 2.94. The number of ether oxygens (including phenoxy) is 2. The molecule has 0 spiro atoms. The van der Waals surface area contributed by atoms with Gasteiger partial charge in [-0.3, -0.25) is 0 Å². The first kappa shape index (κ1) is 11.2. The number of nitrogens with two attached hydrogens (primary N) is 1. The number of benzene rings is 1. The Morgan fingerprint density at radius 3 is 2.78 bits per heavy atom. The van der Waals surface area contributed by atoms with Crippen molar-refractivity contribution >= 4 is 0 Å². The van der Waals surface area contributed by atoms with E-state index in [4.69, 9.17) is 13.9 Å². The molecule has 0 fully saturated rings. The highest BCUT2D eigenvalue weighted by Gasteiger charge is 2.13. The maximum Gasteiger partial charge on any atom is 0.231 e. The monoisotopic (exact) mass is 246 g/mol. The third-order valence-electron chi connectivity index (χ3n) is 2.96. The molecule has 0 aliphatic carbocycles. The second kappa shape index (κ2) is 4.74. The molecule has 0 saturated heterocycles. The highest BCUT2D eigenvalue weighted by atomic mass is 16.7. The molecule has 1 aromatic carbocycles. The Hall–Kier alpha value is -1.94. The normalized spacial score (nSPS) is 12.9. The lowest BCUT2D eigenvalue weighted by molar-refractivity contribution is -0.688. The number of hydrogen-bond donors (Lipinski definition) is 1. The fraction of sp³-hybridized carbons (Fsp3) is 0.286. The Labute approximate surface area is 106 Å². The van der Waals surface area contributed by atoms with Gasteiger partial charge in [-0.15, -0.1) is 0 Å². The topological polar surface area (TPSA) is 48.2 Å². The van der Waals surface area contributed by atoms with Crippen molar-refractivity contribution in [1.29, 1.82) is 0 Å². The van der Waals surface area contributed by atoms with Crippen molar-refractivity contribution in [2.24, 2.45) is 0 Å². The van der Waals surface area contributed by atoms with Crippen LogP contribution in [0.15, 0.2) is 34.7 Å². The summed E-state index contributed by atoms with van der Waals surface area (Å²) < 4.78 is 16.2. The van der Waals surface area contributed by atoms with Gasteiger partial charge in [-0.2, -0.15) is 0 Å². The van der Waals surface area contributed by atoms with Crippen LogP contribution in [0.2, 0.25) is 0 Å².